The van der Waals surface area contributed by atoms with E-state index in [1.807, 2.05) is 54.8 Å². The first kappa shape index (κ1) is 12.0. The summed E-state index contributed by atoms with van der Waals surface area (Å²) in [4.78, 5) is 1.12. The van der Waals surface area contributed by atoms with Crippen molar-refractivity contribution in [2.75, 3.05) is 6.26 Å². The Morgan fingerprint density at radius 1 is 1.00 bits per heavy atom. The van der Waals surface area contributed by atoms with Gasteiger partial charge in [0.25, 0.3) is 0 Å². The standard InChI is InChI=1S/C14H15NOS/c1-17-14-9-5-4-8-13(14)16-12-7-3-2-6-11(12)10-15/h2-9H,10,15H2,1H3. The summed E-state index contributed by atoms with van der Waals surface area (Å²) in [5.41, 5.74) is 6.71. The van der Waals surface area contributed by atoms with Crippen LogP contribution in [-0.4, -0.2) is 6.26 Å². The second kappa shape index (κ2) is 5.75. The van der Waals surface area contributed by atoms with E-state index < -0.39 is 0 Å². The molecule has 2 rings (SSSR count). The number of nitrogens with two attached hydrogens (primary N) is 1. The summed E-state index contributed by atoms with van der Waals surface area (Å²) in [6.45, 7) is 0.484. The third-order valence-corrected chi connectivity index (χ3v) is 3.26. The lowest BCUT2D eigenvalue weighted by molar-refractivity contribution is 0.465. The van der Waals surface area contributed by atoms with Crippen LogP contribution in [0.25, 0.3) is 0 Å². The quantitative estimate of drug-likeness (QED) is 0.835. The van der Waals surface area contributed by atoms with Crippen molar-refractivity contribution in [3.05, 3.63) is 54.1 Å². The van der Waals surface area contributed by atoms with Gasteiger partial charge in [0.1, 0.15) is 11.5 Å². The van der Waals surface area contributed by atoms with Crippen LogP contribution >= 0.6 is 11.8 Å². The monoisotopic (exact) mass is 245 g/mol. The summed E-state index contributed by atoms with van der Waals surface area (Å²) >= 11 is 1.67. The van der Waals surface area contributed by atoms with Gasteiger partial charge < -0.3 is 10.5 Å². The third kappa shape index (κ3) is 2.81. The van der Waals surface area contributed by atoms with Gasteiger partial charge >= 0.3 is 0 Å². The number of para-hydroxylation sites is 2. The number of ether oxygens (including phenoxy) is 1. The Morgan fingerprint density at radius 3 is 2.35 bits per heavy atom. The SMILES string of the molecule is CSc1ccccc1Oc1ccccc1CN. The predicted octanol–water partition coefficient (Wildman–Crippen LogP) is 3.66. The van der Waals surface area contributed by atoms with Crippen LogP contribution in [0.2, 0.25) is 0 Å². The fourth-order valence-electron chi connectivity index (χ4n) is 1.59. The zero-order valence-corrected chi connectivity index (χ0v) is 10.5. The Bertz CT molecular complexity index is 454. The summed E-state index contributed by atoms with van der Waals surface area (Å²) < 4.78 is 5.92. The zero-order chi connectivity index (χ0) is 12.1. The van der Waals surface area contributed by atoms with Crippen LogP contribution in [0.3, 0.4) is 0 Å². The summed E-state index contributed by atoms with van der Waals surface area (Å²) in [5.74, 6) is 1.71. The molecule has 88 valence electrons. The minimum Gasteiger partial charge on any atom is -0.456 e. The maximum Gasteiger partial charge on any atom is 0.140 e. The molecule has 0 aliphatic rings. The van der Waals surface area contributed by atoms with Crippen molar-refractivity contribution in [2.45, 2.75) is 11.4 Å². The fourth-order valence-corrected chi connectivity index (χ4v) is 2.12. The Balaban J connectivity index is 2.31. The lowest BCUT2D eigenvalue weighted by Crippen LogP contribution is -1.99. The molecule has 0 saturated heterocycles. The molecule has 3 heteroatoms. The van der Waals surface area contributed by atoms with E-state index in [-0.39, 0.29) is 0 Å². The van der Waals surface area contributed by atoms with Crippen LogP contribution < -0.4 is 10.5 Å². The second-order valence-electron chi connectivity index (χ2n) is 3.56. The second-order valence-corrected chi connectivity index (χ2v) is 4.41. The molecule has 17 heavy (non-hydrogen) atoms. The molecule has 0 aliphatic heterocycles. The molecular weight excluding hydrogens is 230 g/mol. The Kier molecular flexibility index (Phi) is 4.07. The molecule has 0 radical (unpaired) electrons. The predicted molar refractivity (Wildman–Crippen MR) is 72.6 cm³/mol. The van der Waals surface area contributed by atoms with E-state index in [9.17, 15) is 0 Å². The largest absolute Gasteiger partial charge is 0.456 e. The lowest BCUT2D eigenvalue weighted by Gasteiger charge is -2.12. The molecule has 0 bridgehead atoms. The summed E-state index contributed by atoms with van der Waals surface area (Å²) in [6.07, 6.45) is 2.04. The van der Waals surface area contributed by atoms with Crippen molar-refractivity contribution in [3.63, 3.8) is 0 Å². The van der Waals surface area contributed by atoms with Gasteiger partial charge in [0.05, 0.1) is 0 Å². The van der Waals surface area contributed by atoms with Gasteiger partial charge in [-0.15, -0.1) is 11.8 Å². The van der Waals surface area contributed by atoms with Gasteiger partial charge in [-0.25, -0.2) is 0 Å². The molecule has 0 aliphatic carbocycles. The molecule has 0 heterocycles. The first-order chi connectivity index (χ1) is 8.35. The smallest absolute Gasteiger partial charge is 0.140 e. The average molecular weight is 245 g/mol. The Morgan fingerprint density at radius 2 is 1.65 bits per heavy atom. The first-order valence-electron chi connectivity index (χ1n) is 5.44. The average Bonchev–Trinajstić information content (AvgIpc) is 2.40. The van der Waals surface area contributed by atoms with Crippen LogP contribution in [0.15, 0.2) is 53.4 Å². The van der Waals surface area contributed by atoms with Crippen molar-refractivity contribution in [1.82, 2.24) is 0 Å². The van der Waals surface area contributed by atoms with Crippen LogP contribution in [0, 0.1) is 0 Å². The van der Waals surface area contributed by atoms with Gasteiger partial charge in [0.2, 0.25) is 0 Å². The van der Waals surface area contributed by atoms with E-state index in [0.717, 1.165) is 22.0 Å². The summed E-state index contributed by atoms with van der Waals surface area (Å²) in [7, 11) is 0. The minimum atomic E-state index is 0.484. The van der Waals surface area contributed by atoms with Crippen molar-refractivity contribution < 1.29 is 4.74 Å². The van der Waals surface area contributed by atoms with Gasteiger partial charge in [-0.05, 0) is 24.5 Å². The molecule has 0 atom stereocenters. The lowest BCUT2D eigenvalue weighted by atomic mass is 10.2. The fraction of sp³-hybridized carbons (Fsp3) is 0.143. The number of thioether (sulfide) groups is 1. The molecule has 0 spiro atoms. The number of hydrogen-bond donors (Lipinski definition) is 1. The van der Waals surface area contributed by atoms with Crippen molar-refractivity contribution >= 4 is 11.8 Å². The highest BCUT2D eigenvalue weighted by Gasteiger charge is 2.05. The maximum absolute atomic E-state index is 5.92. The van der Waals surface area contributed by atoms with Crippen LogP contribution in [0.1, 0.15) is 5.56 Å². The molecule has 2 N–H and O–H groups in total. The van der Waals surface area contributed by atoms with Crippen LogP contribution in [0.5, 0.6) is 11.5 Å². The molecule has 0 saturated carbocycles. The highest BCUT2D eigenvalue weighted by molar-refractivity contribution is 7.98. The van der Waals surface area contributed by atoms with Crippen LogP contribution in [0.4, 0.5) is 0 Å². The number of benzene rings is 2. The topological polar surface area (TPSA) is 35.2 Å². The van der Waals surface area contributed by atoms with Gasteiger partial charge in [0.15, 0.2) is 0 Å². The zero-order valence-electron chi connectivity index (χ0n) is 9.72. The van der Waals surface area contributed by atoms with Gasteiger partial charge in [-0.2, -0.15) is 0 Å². The van der Waals surface area contributed by atoms with E-state index in [1.54, 1.807) is 11.8 Å². The van der Waals surface area contributed by atoms with E-state index in [0.29, 0.717) is 6.54 Å². The van der Waals surface area contributed by atoms with E-state index in [1.165, 1.54) is 0 Å². The van der Waals surface area contributed by atoms with Crippen molar-refractivity contribution in [1.29, 1.82) is 0 Å². The van der Waals surface area contributed by atoms with E-state index in [2.05, 4.69) is 0 Å². The van der Waals surface area contributed by atoms with Crippen LogP contribution in [-0.2, 0) is 6.54 Å². The number of rotatable bonds is 4. The molecule has 0 unspecified atom stereocenters. The molecule has 2 aromatic carbocycles. The Hall–Kier alpha value is -1.45. The van der Waals surface area contributed by atoms with Gasteiger partial charge in [-0.3, -0.25) is 0 Å². The molecular formula is C14H15NOS. The summed E-state index contributed by atoms with van der Waals surface area (Å²) in [6, 6.07) is 15.8. The molecule has 2 aromatic rings. The van der Waals surface area contributed by atoms with Crippen molar-refractivity contribution in [3.8, 4) is 11.5 Å². The molecule has 0 amide bonds. The number of hydrogen-bond acceptors (Lipinski definition) is 3. The maximum atomic E-state index is 5.92. The highest BCUT2D eigenvalue weighted by Crippen LogP contribution is 2.32. The third-order valence-electron chi connectivity index (χ3n) is 2.48. The van der Waals surface area contributed by atoms with E-state index >= 15 is 0 Å². The normalized spacial score (nSPS) is 10.2. The van der Waals surface area contributed by atoms with Crippen molar-refractivity contribution in [2.24, 2.45) is 5.73 Å². The highest BCUT2D eigenvalue weighted by atomic mass is 32.2. The summed E-state index contributed by atoms with van der Waals surface area (Å²) in [5, 5.41) is 0. The van der Waals surface area contributed by atoms with E-state index in [4.69, 9.17) is 10.5 Å². The minimum absolute atomic E-state index is 0.484. The molecule has 0 aromatic heterocycles. The molecule has 2 nitrogen and oxygen atoms in total. The van der Waals surface area contributed by atoms with Gasteiger partial charge in [-0.1, -0.05) is 30.3 Å². The van der Waals surface area contributed by atoms with Gasteiger partial charge in [0, 0.05) is 17.0 Å². The Labute approximate surface area is 106 Å². The first-order valence-corrected chi connectivity index (χ1v) is 6.66. The molecule has 0 fully saturated rings.